The van der Waals surface area contributed by atoms with Crippen LogP contribution >= 0.6 is 0 Å². The van der Waals surface area contributed by atoms with Gasteiger partial charge in [0.05, 0.1) is 13.4 Å². The number of nitrogens with zero attached hydrogens (tertiary/aromatic N) is 2. The molecule has 0 aliphatic rings. The summed E-state index contributed by atoms with van der Waals surface area (Å²) in [4.78, 5) is 15.8. The summed E-state index contributed by atoms with van der Waals surface area (Å²) in [6, 6.07) is 9.19. The maximum absolute atomic E-state index is 11.8. The molecule has 1 aromatic heterocycles. The number of aromatic nitrogens is 2. The van der Waals surface area contributed by atoms with Crippen LogP contribution in [0.3, 0.4) is 0 Å². The summed E-state index contributed by atoms with van der Waals surface area (Å²) in [6.07, 6.45) is 6.38. The van der Waals surface area contributed by atoms with Gasteiger partial charge in [0.15, 0.2) is 0 Å². The largest absolute Gasteiger partial charge is 0.468 e. The van der Waals surface area contributed by atoms with E-state index in [0.29, 0.717) is 0 Å². The van der Waals surface area contributed by atoms with Gasteiger partial charge in [-0.15, -0.1) is 0 Å². The number of aryl methyl sites for hydroxylation is 1. The third-order valence-electron chi connectivity index (χ3n) is 3.07. The summed E-state index contributed by atoms with van der Waals surface area (Å²) in [6.45, 7) is 1.60. The highest BCUT2D eigenvalue weighted by molar-refractivity contribution is 5.77. The van der Waals surface area contributed by atoms with E-state index in [2.05, 4.69) is 10.3 Å². The number of imidazole rings is 1. The van der Waals surface area contributed by atoms with Gasteiger partial charge in [0.2, 0.25) is 0 Å². The molecule has 2 rings (SSSR count). The molecule has 0 bridgehead atoms. The van der Waals surface area contributed by atoms with Gasteiger partial charge in [-0.2, -0.15) is 0 Å². The van der Waals surface area contributed by atoms with Crippen molar-refractivity contribution in [2.45, 2.75) is 19.0 Å². The SMILES string of the molecule is COC(=O)[C@@H](NCCCn1ccnc1)c1ccccc1. The highest BCUT2D eigenvalue weighted by Gasteiger charge is 2.19. The Balaban J connectivity index is 1.87. The molecule has 0 fully saturated rings. The number of esters is 1. The monoisotopic (exact) mass is 273 g/mol. The van der Waals surface area contributed by atoms with E-state index in [4.69, 9.17) is 4.74 Å². The molecule has 5 heteroatoms. The second-order valence-electron chi connectivity index (χ2n) is 4.48. The molecule has 1 N–H and O–H groups in total. The first-order valence-corrected chi connectivity index (χ1v) is 6.63. The number of hydrogen-bond acceptors (Lipinski definition) is 4. The Kier molecular flexibility index (Phi) is 5.32. The fourth-order valence-corrected chi connectivity index (χ4v) is 2.03. The van der Waals surface area contributed by atoms with Gasteiger partial charge in [-0.05, 0) is 18.5 Å². The average Bonchev–Trinajstić information content (AvgIpc) is 3.01. The smallest absolute Gasteiger partial charge is 0.327 e. The molecular formula is C15H19N3O2. The first-order valence-electron chi connectivity index (χ1n) is 6.63. The molecule has 0 saturated heterocycles. The van der Waals surface area contributed by atoms with Gasteiger partial charge in [-0.1, -0.05) is 30.3 Å². The van der Waals surface area contributed by atoms with Crippen molar-refractivity contribution < 1.29 is 9.53 Å². The molecule has 0 spiro atoms. The number of hydrogen-bond donors (Lipinski definition) is 1. The Labute approximate surface area is 118 Å². The first-order chi connectivity index (χ1) is 9.81. The van der Waals surface area contributed by atoms with Crippen LogP contribution in [0.25, 0.3) is 0 Å². The fraction of sp³-hybridized carbons (Fsp3) is 0.333. The topological polar surface area (TPSA) is 56.1 Å². The number of methoxy groups -OCH3 is 1. The van der Waals surface area contributed by atoms with Crippen LogP contribution in [-0.2, 0) is 16.1 Å². The van der Waals surface area contributed by atoms with Crippen molar-refractivity contribution in [3.05, 3.63) is 54.6 Å². The van der Waals surface area contributed by atoms with Crippen molar-refractivity contribution in [2.24, 2.45) is 0 Å². The van der Waals surface area contributed by atoms with E-state index in [9.17, 15) is 4.79 Å². The van der Waals surface area contributed by atoms with Gasteiger partial charge in [-0.25, -0.2) is 9.78 Å². The predicted octanol–water partition coefficient (Wildman–Crippen LogP) is 1.78. The number of rotatable bonds is 7. The maximum atomic E-state index is 11.8. The van der Waals surface area contributed by atoms with E-state index in [0.717, 1.165) is 25.1 Å². The van der Waals surface area contributed by atoms with Crippen LogP contribution in [0, 0.1) is 0 Å². The van der Waals surface area contributed by atoms with Crippen molar-refractivity contribution >= 4 is 5.97 Å². The van der Waals surface area contributed by atoms with Crippen LogP contribution in [-0.4, -0.2) is 29.2 Å². The number of nitrogens with one attached hydrogen (secondary N) is 1. The Morgan fingerprint density at radius 3 is 2.85 bits per heavy atom. The van der Waals surface area contributed by atoms with Crippen LogP contribution in [0.15, 0.2) is 49.1 Å². The second-order valence-corrected chi connectivity index (χ2v) is 4.48. The molecule has 2 aromatic rings. The number of benzene rings is 1. The van der Waals surface area contributed by atoms with Gasteiger partial charge in [0, 0.05) is 18.9 Å². The zero-order chi connectivity index (χ0) is 14.2. The van der Waals surface area contributed by atoms with E-state index in [-0.39, 0.29) is 5.97 Å². The zero-order valence-electron chi connectivity index (χ0n) is 11.5. The normalized spacial score (nSPS) is 12.1. The van der Waals surface area contributed by atoms with E-state index < -0.39 is 6.04 Å². The molecule has 1 atom stereocenters. The summed E-state index contributed by atoms with van der Waals surface area (Å²) < 4.78 is 6.86. The van der Waals surface area contributed by atoms with Gasteiger partial charge >= 0.3 is 5.97 Å². The summed E-state index contributed by atoms with van der Waals surface area (Å²) in [5.74, 6) is -0.265. The minimum atomic E-state index is -0.413. The number of ether oxygens (including phenoxy) is 1. The van der Waals surface area contributed by atoms with Crippen molar-refractivity contribution in [1.82, 2.24) is 14.9 Å². The summed E-state index contributed by atoms with van der Waals surface area (Å²) >= 11 is 0. The van der Waals surface area contributed by atoms with Crippen molar-refractivity contribution in [2.75, 3.05) is 13.7 Å². The lowest BCUT2D eigenvalue weighted by molar-refractivity contribution is -0.143. The molecule has 20 heavy (non-hydrogen) atoms. The molecule has 0 unspecified atom stereocenters. The highest BCUT2D eigenvalue weighted by atomic mass is 16.5. The van der Waals surface area contributed by atoms with E-state index in [1.807, 2.05) is 41.1 Å². The fourth-order valence-electron chi connectivity index (χ4n) is 2.03. The molecule has 0 saturated carbocycles. The quantitative estimate of drug-likeness (QED) is 0.617. The lowest BCUT2D eigenvalue weighted by Gasteiger charge is -2.16. The van der Waals surface area contributed by atoms with Crippen LogP contribution in [0.4, 0.5) is 0 Å². The molecule has 5 nitrogen and oxygen atoms in total. The Bertz CT molecular complexity index is 511. The van der Waals surface area contributed by atoms with Gasteiger partial charge in [-0.3, -0.25) is 0 Å². The van der Waals surface area contributed by atoms with E-state index in [1.165, 1.54) is 7.11 Å². The zero-order valence-corrected chi connectivity index (χ0v) is 11.5. The number of carbonyl (C=O) groups is 1. The van der Waals surface area contributed by atoms with Crippen LogP contribution in [0.1, 0.15) is 18.0 Å². The predicted molar refractivity (Wildman–Crippen MR) is 76.0 cm³/mol. The molecular weight excluding hydrogens is 254 g/mol. The van der Waals surface area contributed by atoms with Crippen LogP contribution < -0.4 is 5.32 Å². The summed E-state index contributed by atoms with van der Waals surface area (Å²) in [5.41, 5.74) is 0.919. The van der Waals surface area contributed by atoms with Crippen molar-refractivity contribution in [1.29, 1.82) is 0 Å². The van der Waals surface area contributed by atoms with E-state index in [1.54, 1.807) is 12.5 Å². The van der Waals surface area contributed by atoms with Crippen LogP contribution in [0.5, 0.6) is 0 Å². The minimum Gasteiger partial charge on any atom is -0.468 e. The molecule has 1 heterocycles. The van der Waals surface area contributed by atoms with E-state index >= 15 is 0 Å². The molecule has 0 amide bonds. The molecule has 1 aromatic carbocycles. The molecule has 0 radical (unpaired) electrons. The average molecular weight is 273 g/mol. The molecule has 0 aliphatic heterocycles. The standard InChI is InChI=1S/C15H19N3O2/c1-20-15(19)14(13-6-3-2-4-7-13)17-8-5-10-18-11-9-16-12-18/h2-4,6-7,9,11-12,14,17H,5,8,10H2,1H3/t14-/m0/s1. The van der Waals surface area contributed by atoms with Crippen molar-refractivity contribution in [3.63, 3.8) is 0 Å². The van der Waals surface area contributed by atoms with Gasteiger partial charge in [0.25, 0.3) is 0 Å². The Morgan fingerprint density at radius 2 is 2.20 bits per heavy atom. The Hall–Kier alpha value is -2.14. The van der Waals surface area contributed by atoms with Gasteiger partial charge < -0.3 is 14.6 Å². The van der Waals surface area contributed by atoms with Gasteiger partial charge in [0.1, 0.15) is 6.04 Å². The minimum absolute atomic E-state index is 0.265. The number of carbonyl (C=O) groups excluding carboxylic acids is 1. The maximum Gasteiger partial charge on any atom is 0.327 e. The van der Waals surface area contributed by atoms with Crippen LogP contribution in [0.2, 0.25) is 0 Å². The van der Waals surface area contributed by atoms with Crippen molar-refractivity contribution in [3.8, 4) is 0 Å². The first kappa shape index (κ1) is 14.3. The second kappa shape index (κ2) is 7.45. The third kappa shape index (κ3) is 3.93. The highest BCUT2D eigenvalue weighted by Crippen LogP contribution is 2.13. The summed E-state index contributed by atoms with van der Waals surface area (Å²) in [5, 5.41) is 3.24. The lowest BCUT2D eigenvalue weighted by atomic mass is 10.1. The summed E-state index contributed by atoms with van der Waals surface area (Å²) in [7, 11) is 1.41. The lowest BCUT2D eigenvalue weighted by Crippen LogP contribution is -2.30. The molecule has 106 valence electrons. The Morgan fingerprint density at radius 1 is 1.40 bits per heavy atom. The molecule has 0 aliphatic carbocycles. The third-order valence-corrected chi connectivity index (χ3v) is 3.07.